The zero-order valence-corrected chi connectivity index (χ0v) is 28.2. The van der Waals surface area contributed by atoms with Crippen LogP contribution in [0.1, 0.15) is 61.9 Å². The van der Waals surface area contributed by atoms with Crippen molar-refractivity contribution in [3.63, 3.8) is 0 Å². The first kappa shape index (κ1) is 31.5. The molecule has 7 rings (SSSR count). The van der Waals surface area contributed by atoms with Crippen LogP contribution in [0, 0.1) is 33.1 Å². The zero-order valence-electron chi connectivity index (χ0n) is 28.2. The van der Waals surface area contributed by atoms with Gasteiger partial charge in [0.05, 0.1) is 0 Å². The van der Waals surface area contributed by atoms with Crippen molar-refractivity contribution < 1.29 is 14.3 Å². The number of methoxy groups -OCH3 is 1. The van der Waals surface area contributed by atoms with Crippen molar-refractivity contribution in [3.05, 3.63) is 195 Å². The van der Waals surface area contributed by atoms with E-state index in [0.717, 1.165) is 55.6 Å². The molecule has 2 bridgehead atoms. The molecule has 0 heterocycles. The van der Waals surface area contributed by atoms with Gasteiger partial charge in [-0.2, -0.15) is 0 Å². The first-order valence-corrected chi connectivity index (χ1v) is 16.6. The Kier molecular flexibility index (Phi) is 7.97. The largest absolute Gasteiger partial charge is 0.362 e. The molecule has 48 heavy (non-hydrogen) atoms. The van der Waals surface area contributed by atoms with Crippen molar-refractivity contribution in [2.24, 2.45) is 5.41 Å². The molecule has 3 nitrogen and oxygen atoms in total. The quantitative estimate of drug-likeness (QED) is 0.127. The molecule has 0 saturated carbocycles. The van der Waals surface area contributed by atoms with E-state index in [-0.39, 0.29) is 17.5 Å². The summed E-state index contributed by atoms with van der Waals surface area (Å²) in [5.74, 6) is -1.38. The molecule has 0 spiro atoms. The van der Waals surface area contributed by atoms with Crippen LogP contribution >= 0.6 is 0 Å². The summed E-state index contributed by atoms with van der Waals surface area (Å²) < 4.78 is 6.50. The Morgan fingerprint density at radius 2 is 0.938 bits per heavy atom. The predicted octanol–water partition coefficient (Wildman–Crippen LogP) is 9.43. The molecule has 238 valence electrons. The molecule has 2 aliphatic carbocycles. The van der Waals surface area contributed by atoms with Crippen molar-refractivity contribution in [2.45, 2.75) is 45.1 Å². The molecule has 0 fully saturated rings. The third-order valence-electron chi connectivity index (χ3n) is 10.3. The second-order valence-corrected chi connectivity index (χ2v) is 13.5. The van der Waals surface area contributed by atoms with E-state index in [1.54, 1.807) is 13.2 Å². The minimum atomic E-state index is -1.57. The second-order valence-electron chi connectivity index (χ2n) is 13.5. The molecule has 2 atom stereocenters. The summed E-state index contributed by atoms with van der Waals surface area (Å²) >= 11 is 0. The fraction of sp³-hybridized carbons (Fsp3) is 0.200. The van der Waals surface area contributed by atoms with Crippen molar-refractivity contribution in [3.8, 4) is 0 Å². The number of aryl methyl sites for hydroxylation is 4. The number of hydrogen-bond donors (Lipinski definition) is 0. The number of hydrogen-bond acceptors (Lipinski definition) is 3. The van der Waals surface area contributed by atoms with Gasteiger partial charge in [-0.05, 0) is 67.2 Å². The van der Waals surface area contributed by atoms with Gasteiger partial charge < -0.3 is 4.74 Å². The van der Waals surface area contributed by atoms with Gasteiger partial charge in [-0.1, -0.05) is 156 Å². The lowest BCUT2D eigenvalue weighted by atomic mass is 9.59. The maximum Gasteiger partial charge on any atom is 0.191 e. The van der Waals surface area contributed by atoms with E-state index in [1.165, 1.54) is 0 Å². The van der Waals surface area contributed by atoms with Gasteiger partial charge in [0.1, 0.15) is 5.41 Å². The Bertz CT molecular complexity index is 1960. The summed E-state index contributed by atoms with van der Waals surface area (Å²) in [5.41, 5.74) is 7.39. The fourth-order valence-corrected chi connectivity index (χ4v) is 7.72. The van der Waals surface area contributed by atoms with E-state index in [1.807, 2.05) is 50.3 Å². The monoisotopic (exact) mass is 628 g/mol. The number of carbonyl (C=O) groups excluding carboxylic acids is 2. The molecule has 0 aromatic heterocycles. The topological polar surface area (TPSA) is 43.4 Å². The third kappa shape index (κ3) is 5.01. The van der Waals surface area contributed by atoms with E-state index in [2.05, 4.69) is 111 Å². The Balaban J connectivity index is 1.59. The van der Waals surface area contributed by atoms with Crippen LogP contribution < -0.4 is 0 Å². The van der Waals surface area contributed by atoms with Gasteiger partial charge in [0, 0.05) is 24.5 Å². The van der Waals surface area contributed by atoms with Crippen LogP contribution in [0.5, 0.6) is 0 Å². The van der Waals surface area contributed by atoms with Gasteiger partial charge >= 0.3 is 0 Å². The number of allylic oxidation sites excluding steroid dienone is 2. The molecule has 0 radical (unpaired) electrons. The second kappa shape index (κ2) is 12.2. The van der Waals surface area contributed by atoms with Crippen LogP contribution in [-0.4, -0.2) is 24.3 Å². The van der Waals surface area contributed by atoms with Crippen molar-refractivity contribution in [2.75, 3.05) is 7.11 Å². The number of ketones is 2. The Morgan fingerprint density at radius 1 is 0.521 bits per heavy atom. The standard InChI is InChI=1S/C45H40O3/c1-29-11-19-34(20-12-29)40(35-21-13-30(2)14-22-35)39-28-44(41(36-23-15-31(3)16-24-36)37-25-17-32(4)18-26-37)42(46)38(33-9-7-6-8-10-33)27-45(39,48-5)43(44)47/h6-28,40-41H,1-5H3. The SMILES string of the molecule is COC12C=C(c3ccccc3)C(=O)C(C(c3ccc(C)cc3)c3ccc(C)cc3)(C=C1C(c1ccc(C)cc1)c1ccc(C)cc1)C2=O. The molecule has 2 unspecified atom stereocenters. The molecule has 3 heteroatoms. The number of ether oxygens (including phenoxy) is 1. The summed E-state index contributed by atoms with van der Waals surface area (Å²) in [5, 5.41) is 0. The van der Waals surface area contributed by atoms with Gasteiger partial charge in [0.25, 0.3) is 0 Å². The molecule has 2 aliphatic rings. The average molecular weight is 629 g/mol. The Labute approximate surface area is 283 Å². The van der Waals surface area contributed by atoms with Crippen LogP contribution in [0.4, 0.5) is 0 Å². The number of fused-ring (bicyclic) bond motifs is 2. The summed E-state index contributed by atoms with van der Waals surface area (Å²) in [6.45, 7) is 8.24. The minimum Gasteiger partial charge on any atom is -0.362 e. The number of carbonyl (C=O) groups is 2. The van der Waals surface area contributed by atoms with Crippen LogP contribution in [-0.2, 0) is 14.3 Å². The van der Waals surface area contributed by atoms with E-state index in [4.69, 9.17) is 4.74 Å². The van der Waals surface area contributed by atoms with Crippen LogP contribution in [0.15, 0.2) is 145 Å². The van der Waals surface area contributed by atoms with Gasteiger partial charge in [-0.15, -0.1) is 0 Å². The lowest BCUT2D eigenvalue weighted by Gasteiger charge is -2.41. The average Bonchev–Trinajstić information content (AvgIpc) is 3.28. The number of benzene rings is 5. The lowest BCUT2D eigenvalue weighted by molar-refractivity contribution is -0.145. The maximum absolute atomic E-state index is 15.6. The van der Waals surface area contributed by atoms with Crippen LogP contribution in [0.3, 0.4) is 0 Å². The molecular formula is C45H40O3. The maximum atomic E-state index is 15.6. The highest BCUT2D eigenvalue weighted by Crippen LogP contribution is 2.61. The van der Waals surface area contributed by atoms with Gasteiger partial charge in [0.2, 0.25) is 0 Å². The van der Waals surface area contributed by atoms with Crippen LogP contribution in [0.2, 0.25) is 0 Å². The lowest BCUT2D eigenvalue weighted by Crippen LogP contribution is -2.54. The van der Waals surface area contributed by atoms with Crippen LogP contribution in [0.25, 0.3) is 5.57 Å². The highest BCUT2D eigenvalue weighted by Gasteiger charge is 2.68. The van der Waals surface area contributed by atoms with Crippen molar-refractivity contribution in [1.29, 1.82) is 0 Å². The fourth-order valence-electron chi connectivity index (χ4n) is 7.72. The molecule has 0 N–H and O–H groups in total. The summed E-state index contributed by atoms with van der Waals surface area (Å²) in [4.78, 5) is 31.1. The Hall–Kier alpha value is -5.12. The van der Waals surface area contributed by atoms with Gasteiger partial charge in [-0.25, -0.2) is 0 Å². The molecular weight excluding hydrogens is 588 g/mol. The first-order valence-electron chi connectivity index (χ1n) is 16.6. The number of rotatable bonds is 8. The molecule has 0 saturated heterocycles. The van der Waals surface area contributed by atoms with E-state index in [0.29, 0.717) is 5.57 Å². The van der Waals surface area contributed by atoms with Crippen molar-refractivity contribution in [1.82, 2.24) is 0 Å². The highest BCUT2D eigenvalue weighted by molar-refractivity contribution is 6.37. The summed E-state index contributed by atoms with van der Waals surface area (Å²) in [6, 6.07) is 43.1. The van der Waals surface area contributed by atoms with Gasteiger partial charge in [-0.3, -0.25) is 9.59 Å². The van der Waals surface area contributed by atoms with Crippen molar-refractivity contribution >= 4 is 17.1 Å². The Morgan fingerprint density at radius 3 is 1.35 bits per heavy atom. The smallest absolute Gasteiger partial charge is 0.191 e. The zero-order chi connectivity index (χ0) is 33.6. The highest BCUT2D eigenvalue weighted by atomic mass is 16.5. The normalized spacial score (nSPS) is 20.3. The summed E-state index contributed by atoms with van der Waals surface area (Å²) in [7, 11) is 1.60. The van der Waals surface area contributed by atoms with E-state index >= 15 is 9.59 Å². The number of Topliss-reactive ketones (excluding diaryl/α,β-unsaturated/α-hetero) is 2. The van der Waals surface area contributed by atoms with E-state index < -0.39 is 16.9 Å². The first-order chi connectivity index (χ1) is 23.2. The van der Waals surface area contributed by atoms with E-state index in [9.17, 15) is 0 Å². The molecule has 0 amide bonds. The molecule has 0 aliphatic heterocycles. The molecule has 5 aromatic carbocycles. The summed E-state index contributed by atoms with van der Waals surface area (Å²) in [6.07, 6.45) is 3.81. The molecule has 5 aromatic rings. The minimum absolute atomic E-state index is 0.209. The third-order valence-corrected chi connectivity index (χ3v) is 10.3. The van der Waals surface area contributed by atoms with Gasteiger partial charge in [0.15, 0.2) is 17.2 Å². The predicted molar refractivity (Wildman–Crippen MR) is 193 cm³/mol.